The Morgan fingerprint density at radius 2 is 1.76 bits per heavy atom. The largest absolute Gasteiger partial charge is 0.566 e. The standard InChI is InChI=1S/C32H51NO7.C2H7N.CH4.H2O.H2/c1-24(11-10-12-26(3)34)16-20-29-25(2)23-31(40-32(36)15-8-5-9-22-39-33(37)38)30(29)21-19-28(35)18-17-27-13-6-4-7-14-27;1-2-3;;;/h4,6-7,13-14,16,25,28-31,33,35,37H,5,8-12,15,17-23H2,1-3H3;2-3H2,1H3;1H4;1H2;1H/b24-16-;;;;/t25?,28-,29-,30+,31+;;;;/m0..../s1. The molecular weight excluding hydrogens is 576 g/mol. The number of rotatable bonds is 20. The monoisotopic (exact) mass is 642 g/mol. The zero-order valence-electron chi connectivity index (χ0n) is 27.5. The number of ketones is 1. The summed E-state index contributed by atoms with van der Waals surface area (Å²) in [6.45, 7) is 8.79. The number of nitrogens with two attached hydrogens (primary N) is 1. The summed E-state index contributed by atoms with van der Waals surface area (Å²) >= 11 is 0. The fourth-order valence-corrected chi connectivity index (χ4v) is 5.85. The maximum Gasteiger partial charge on any atom is 0.306 e. The molecule has 7 N–H and O–H groups in total. The molecule has 2 rings (SSSR count). The molecule has 0 radical (unpaired) electrons. The number of esters is 1. The van der Waals surface area contributed by atoms with Crippen LogP contribution in [0.15, 0.2) is 42.0 Å². The highest BCUT2D eigenvalue weighted by molar-refractivity contribution is 5.75. The van der Waals surface area contributed by atoms with E-state index in [1.165, 1.54) is 11.1 Å². The van der Waals surface area contributed by atoms with Gasteiger partial charge in [-0.3, -0.25) is 4.79 Å². The van der Waals surface area contributed by atoms with Gasteiger partial charge in [-0.2, -0.15) is 10.0 Å². The second-order valence-corrected chi connectivity index (χ2v) is 12.0. The quantitative estimate of drug-likeness (QED) is 0.0638. The van der Waals surface area contributed by atoms with E-state index >= 15 is 0 Å². The van der Waals surface area contributed by atoms with Crippen LogP contribution in [0.4, 0.5) is 0 Å². The SMILES string of the molecule is C.CC(=O)CCC/C(C)=C\C[C@H]1C(C)C[C@@H](OC(=O)CCCCCO[NH+]([O-])O)[C@@H]1CC[C@@H](O)CCc1ccccc1.CCN.O.[HH]. The molecule has 10 heteroatoms. The average Bonchev–Trinajstić information content (AvgIpc) is 3.25. The summed E-state index contributed by atoms with van der Waals surface area (Å²) in [5, 5.41) is 28.5. The minimum atomic E-state index is -1.28. The van der Waals surface area contributed by atoms with Crippen molar-refractivity contribution in [3.8, 4) is 0 Å². The number of carbonyl (C=O) groups is 2. The molecule has 0 bridgehead atoms. The third-order valence-corrected chi connectivity index (χ3v) is 8.18. The number of carbonyl (C=O) groups excluding carboxylic acids is 2. The van der Waals surface area contributed by atoms with Gasteiger partial charge < -0.3 is 31.1 Å². The number of benzene rings is 1. The molecule has 0 aromatic heterocycles. The lowest BCUT2D eigenvalue weighted by atomic mass is 9.82. The minimum absolute atomic E-state index is 0. The van der Waals surface area contributed by atoms with Crippen molar-refractivity contribution in [2.75, 3.05) is 13.2 Å². The van der Waals surface area contributed by atoms with E-state index in [4.69, 9.17) is 15.7 Å². The van der Waals surface area contributed by atoms with Gasteiger partial charge >= 0.3 is 5.97 Å². The van der Waals surface area contributed by atoms with Gasteiger partial charge in [0.05, 0.1) is 6.10 Å². The van der Waals surface area contributed by atoms with Crippen LogP contribution in [0.1, 0.15) is 119 Å². The fourth-order valence-electron chi connectivity index (χ4n) is 5.85. The number of Topliss-reactive ketones (excluding diaryl/α,β-unsaturated/α-hetero) is 1. The molecule has 0 saturated heterocycles. The highest BCUT2D eigenvalue weighted by atomic mass is 17.1. The smallest absolute Gasteiger partial charge is 0.306 e. The molecule has 0 aliphatic heterocycles. The van der Waals surface area contributed by atoms with Crippen LogP contribution in [-0.2, 0) is 25.6 Å². The van der Waals surface area contributed by atoms with E-state index in [0.717, 1.165) is 45.1 Å². The van der Waals surface area contributed by atoms with E-state index in [-0.39, 0.29) is 44.7 Å². The third kappa shape index (κ3) is 21.3. The van der Waals surface area contributed by atoms with Crippen molar-refractivity contribution in [2.45, 2.75) is 131 Å². The third-order valence-electron chi connectivity index (χ3n) is 8.18. The van der Waals surface area contributed by atoms with Crippen LogP contribution in [0.2, 0.25) is 0 Å². The second-order valence-electron chi connectivity index (χ2n) is 12.0. The van der Waals surface area contributed by atoms with Gasteiger partial charge in [-0.1, -0.05) is 75.1 Å². The number of aliphatic hydroxyl groups is 1. The van der Waals surface area contributed by atoms with Crippen LogP contribution in [0.5, 0.6) is 0 Å². The summed E-state index contributed by atoms with van der Waals surface area (Å²) in [6.07, 6.45) is 11.2. The molecule has 0 spiro atoms. The minimum Gasteiger partial charge on any atom is -0.566 e. The first kappa shape index (κ1) is 44.9. The second kappa shape index (κ2) is 27.0. The van der Waals surface area contributed by atoms with Gasteiger partial charge in [0.1, 0.15) is 18.5 Å². The molecule has 45 heavy (non-hydrogen) atoms. The van der Waals surface area contributed by atoms with E-state index in [9.17, 15) is 19.9 Å². The molecule has 10 nitrogen and oxygen atoms in total. The average molecular weight is 643 g/mol. The summed E-state index contributed by atoms with van der Waals surface area (Å²) < 4.78 is 6.02. The number of nitrogens with one attached hydrogen (secondary N) is 1. The van der Waals surface area contributed by atoms with Gasteiger partial charge in [0.15, 0.2) is 0 Å². The van der Waals surface area contributed by atoms with Crippen LogP contribution >= 0.6 is 0 Å². The lowest BCUT2D eigenvalue weighted by Crippen LogP contribution is -3.03. The number of allylic oxidation sites excluding steroid dienone is 2. The summed E-state index contributed by atoms with van der Waals surface area (Å²) in [5.74, 6) is 0.980. The van der Waals surface area contributed by atoms with Crippen molar-refractivity contribution >= 4 is 11.8 Å². The van der Waals surface area contributed by atoms with Crippen LogP contribution in [0.3, 0.4) is 0 Å². The molecule has 1 fully saturated rings. The molecule has 1 aromatic carbocycles. The first-order valence-corrected chi connectivity index (χ1v) is 16.2. The van der Waals surface area contributed by atoms with Crippen LogP contribution in [0.25, 0.3) is 0 Å². The van der Waals surface area contributed by atoms with Crippen molar-refractivity contribution in [3.05, 3.63) is 52.8 Å². The highest BCUT2D eigenvalue weighted by Gasteiger charge is 2.42. The Bertz CT molecular complexity index is 919. The summed E-state index contributed by atoms with van der Waals surface area (Å²) in [7, 11) is 0. The van der Waals surface area contributed by atoms with E-state index in [2.05, 4.69) is 36.9 Å². The van der Waals surface area contributed by atoms with Crippen molar-refractivity contribution in [1.82, 2.24) is 0 Å². The van der Waals surface area contributed by atoms with Crippen molar-refractivity contribution in [3.63, 3.8) is 0 Å². The Kier molecular flexibility index (Phi) is 26.9. The Morgan fingerprint density at radius 1 is 1.09 bits per heavy atom. The van der Waals surface area contributed by atoms with Crippen molar-refractivity contribution in [1.29, 1.82) is 0 Å². The Balaban J connectivity index is -0.00000296. The molecule has 264 valence electrons. The highest BCUT2D eigenvalue weighted by Crippen LogP contribution is 2.44. The zero-order valence-corrected chi connectivity index (χ0v) is 27.5. The van der Waals surface area contributed by atoms with E-state index < -0.39 is 11.5 Å². The van der Waals surface area contributed by atoms with Crippen molar-refractivity contribution in [2.24, 2.45) is 23.5 Å². The Labute approximate surface area is 273 Å². The maximum absolute atomic E-state index is 12.7. The first-order chi connectivity index (χ1) is 20.6. The van der Waals surface area contributed by atoms with Gasteiger partial charge in [-0.05, 0) is 108 Å². The van der Waals surface area contributed by atoms with E-state index in [1.54, 1.807) is 6.92 Å². The first-order valence-electron chi connectivity index (χ1n) is 16.2. The lowest BCUT2D eigenvalue weighted by molar-refractivity contribution is -1.21. The predicted octanol–water partition coefficient (Wildman–Crippen LogP) is 5.33. The molecule has 6 atom stereocenters. The van der Waals surface area contributed by atoms with Gasteiger partial charge in [0.2, 0.25) is 0 Å². The zero-order chi connectivity index (χ0) is 32.0. The number of unbranched alkanes of at least 4 members (excludes halogenated alkanes) is 2. The van der Waals surface area contributed by atoms with Crippen LogP contribution in [-0.4, -0.2) is 52.9 Å². The number of quaternary nitrogens is 1. The number of aliphatic hydroxyl groups excluding tert-OH is 1. The predicted molar refractivity (Wildman–Crippen MR) is 181 cm³/mol. The number of aryl methyl sites for hydroxylation is 1. The van der Waals surface area contributed by atoms with Gasteiger partial charge in [-0.15, -0.1) is 0 Å². The van der Waals surface area contributed by atoms with Gasteiger partial charge in [0.25, 0.3) is 0 Å². The van der Waals surface area contributed by atoms with Gasteiger partial charge in [-0.25, -0.2) is 0 Å². The molecule has 1 aromatic rings. The van der Waals surface area contributed by atoms with Crippen molar-refractivity contribution < 1.29 is 41.8 Å². The Morgan fingerprint density at radius 3 is 2.38 bits per heavy atom. The number of ether oxygens (including phenoxy) is 1. The fraction of sp³-hybridized carbons (Fsp3) is 0.714. The van der Waals surface area contributed by atoms with Crippen LogP contribution < -0.4 is 11.1 Å². The summed E-state index contributed by atoms with van der Waals surface area (Å²) in [6, 6.07) is 10.2. The molecule has 1 aliphatic rings. The number of hydrogen-bond donors (Lipinski definition) is 4. The maximum atomic E-state index is 12.7. The normalized spacial score (nSPS) is 20.6. The van der Waals surface area contributed by atoms with Crippen LogP contribution in [0, 0.1) is 23.0 Å². The summed E-state index contributed by atoms with van der Waals surface area (Å²) in [4.78, 5) is 28.5. The van der Waals surface area contributed by atoms with E-state index in [0.29, 0.717) is 56.8 Å². The van der Waals surface area contributed by atoms with Gasteiger partial charge in [0, 0.05) is 14.3 Å². The molecule has 1 aliphatic carbocycles. The van der Waals surface area contributed by atoms with E-state index in [1.807, 2.05) is 25.1 Å². The topological polar surface area (TPSA) is 178 Å². The summed E-state index contributed by atoms with van der Waals surface area (Å²) in [5.41, 5.74) is 7.36. The Hall–Kier alpha value is -2.18. The number of hydrogen-bond acceptors (Lipinski definition) is 8. The molecule has 0 amide bonds. The molecular formula is C35H66N2O8. The molecule has 0 heterocycles. The molecule has 1 saturated carbocycles. The lowest BCUT2D eigenvalue weighted by Gasteiger charge is -2.26. The molecule has 2 unspecified atom stereocenters.